The topological polar surface area (TPSA) is 61.8 Å². The molecule has 7 heteroatoms. The lowest BCUT2D eigenvalue weighted by atomic mass is 10.1. The van der Waals surface area contributed by atoms with Crippen molar-refractivity contribution < 1.29 is 23.4 Å². The molecule has 1 aromatic rings. The van der Waals surface area contributed by atoms with Crippen molar-refractivity contribution in [3.8, 4) is 5.75 Å². The number of para-hydroxylation sites is 1. The highest BCUT2D eigenvalue weighted by atomic mass is 19.1. The first-order valence-electron chi connectivity index (χ1n) is 6.36. The zero-order chi connectivity index (χ0) is 14.5. The second kappa shape index (κ2) is 6.51. The van der Waals surface area contributed by atoms with E-state index in [0.717, 1.165) is 12.1 Å². The van der Waals surface area contributed by atoms with Crippen molar-refractivity contribution >= 4 is 6.09 Å². The van der Waals surface area contributed by atoms with Gasteiger partial charge in [-0.3, -0.25) is 0 Å². The van der Waals surface area contributed by atoms with Gasteiger partial charge in [0.15, 0.2) is 17.4 Å². The van der Waals surface area contributed by atoms with E-state index in [1.54, 1.807) is 0 Å². The molecule has 1 unspecified atom stereocenters. The number of amides is 1. The van der Waals surface area contributed by atoms with Crippen LogP contribution in [0.4, 0.5) is 13.6 Å². The van der Waals surface area contributed by atoms with Gasteiger partial charge in [0.05, 0.1) is 6.61 Å². The van der Waals surface area contributed by atoms with Gasteiger partial charge in [-0.1, -0.05) is 6.07 Å². The van der Waals surface area contributed by atoms with E-state index in [1.165, 1.54) is 11.0 Å². The summed E-state index contributed by atoms with van der Waals surface area (Å²) in [6.45, 7) is 1.46. The Bertz CT molecular complexity index is 464. The lowest BCUT2D eigenvalue weighted by molar-refractivity contribution is 0.124. The average molecular weight is 286 g/mol. The summed E-state index contributed by atoms with van der Waals surface area (Å²) >= 11 is 0. The van der Waals surface area contributed by atoms with E-state index in [2.05, 4.69) is 5.32 Å². The van der Waals surface area contributed by atoms with Gasteiger partial charge in [0.2, 0.25) is 0 Å². The van der Waals surface area contributed by atoms with Crippen LogP contribution in [0.15, 0.2) is 18.2 Å². The second-order valence-electron chi connectivity index (χ2n) is 4.57. The minimum atomic E-state index is -0.961. The van der Waals surface area contributed by atoms with Crippen LogP contribution >= 0.6 is 0 Å². The number of hydrogen-bond donors (Lipinski definition) is 2. The van der Waals surface area contributed by atoms with E-state index in [9.17, 15) is 13.6 Å². The summed E-state index contributed by atoms with van der Waals surface area (Å²) in [6, 6.07) is 3.45. The highest BCUT2D eigenvalue weighted by molar-refractivity contribution is 5.65. The first-order valence-corrected chi connectivity index (χ1v) is 6.36. The van der Waals surface area contributed by atoms with Gasteiger partial charge in [-0.05, 0) is 18.6 Å². The summed E-state index contributed by atoms with van der Waals surface area (Å²) in [4.78, 5) is 12.2. The third kappa shape index (κ3) is 3.57. The Balaban J connectivity index is 1.82. The Kier molecular flexibility index (Phi) is 4.73. The number of carboxylic acid groups (broad SMARTS) is 1. The number of hydrogen-bond acceptors (Lipinski definition) is 3. The third-order valence-corrected chi connectivity index (χ3v) is 3.16. The molecule has 0 spiro atoms. The van der Waals surface area contributed by atoms with Gasteiger partial charge in [-0.15, -0.1) is 0 Å². The quantitative estimate of drug-likeness (QED) is 0.884. The highest BCUT2D eigenvalue weighted by Gasteiger charge is 2.22. The van der Waals surface area contributed by atoms with Crippen LogP contribution in [-0.4, -0.2) is 48.4 Å². The van der Waals surface area contributed by atoms with E-state index in [1.807, 2.05) is 0 Å². The molecule has 1 amide bonds. The molecule has 1 aromatic carbocycles. The molecule has 1 aliphatic heterocycles. The van der Waals surface area contributed by atoms with E-state index < -0.39 is 23.5 Å². The van der Waals surface area contributed by atoms with Crippen LogP contribution < -0.4 is 10.1 Å². The number of nitrogens with zero attached hydrogens (tertiary/aromatic N) is 1. The van der Waals surface area contributed by atoms with E-state index in [4.69, 9.17) is 9.84 Å². The summed E-state index contributed by atoms with van der Waals surface area (Å²) in [6.07, 6.45) is -0.491. The number of benzene rings is 1. The Hall–Kier alpha value is -1.89. The van der Waals surface area contributed by atoms with Crippen LogP contribution in [0, 0.1) is 11.6 Å². The van der Waals surface area contributed by atoms with E-state index in [-0.39, 0.29) is 12.6 Å². The summed E-state index contributed by atoms with van der Waals surface area (Å²) in [5.41, 5.74) is 0. The fraction of sp³-hybridized carbons (Fsp3) is 0.462. The minimum Gasteiger partial charge on any atom is -0.488 e. The Morgan fingerprint density at radius 2 is 2.15 bits per heavy atom. The van der Waals surface area contributed by atoms with Gasteiger partial charge in [0.25, 0.3) is 0 Å². The molecular formula is C13H16F2N2O3. The predicted octanol–water partition coefficient (Wildman–Crippen LogP) is 1.69. The maximum atomic E-state index is 13.3. The number of carbonyl (C=O) groups is 1. The first-order chi connectivity index (χ1) is 9.58. The molecular weight excluding hydrogens is 270 g/mol. The van der Waals surface area contributed by atoms with Crippen LogP contribution in [0.5, 0.6) is 5.75 Å². The summed E-state index contributed by atoms with van der Waals surface area (Å²) in [7, 11) is 0. The average Bonchev–Trinajstić information content (AvgIpc) is 2.42. The molecule has 2 N–H and O–H groups in total. The predicted molar refractivity (Wildman–Crippen MR) is 67.9 cm³/mol. The van der Waals surface area contributed by atoms with Crippen LogP contribution in [0.25, 0.3) is 0 Å². The molecule has 1 heterocycles. The zero-order valence-electron chi connectivity index (χ0n) is 10.8. The lowest BCUT2D eigenvalue weighted by Crippen LogP contribution is -2.52. The van der Waals surface area contributed by atoms with Crippen molar-refractivity contribution in [1.29, 1.82) is 0 Å². The number of halogens is 2. The van der Waals surface area contributed by atoms with Crippen LogP contribution in [0.3, 0.4) is 0 Å². The molecule has 0 aliphatic carbocycles. The maximum absolute atomic E-state index is 13.3. The molecule has 0 aromatic heterocycles. The molecule has 0 bridgehead atoms. The van der Waals surface area contributed by atoms with Crippen molar-refractivity contribution in [1.82, 2.24) is 10.2 Å². The third-order valence-electron chi connectivity index (χ3n) is 3.16. The van der Waals surface area contributed by atoms with Gasteiger partial charge in [0.1, 0.15) is 0 Å². The fourth-order valence-electron chi connectivity index (χ4n) is 2.12. The van der Waals surface area contributed by atoms with E-state index in [0.29, 0.717) is 26.1 Å². The molecule has 110 valence electrons. The number of nitrogens with one attached hydrogen (secondary N) is 1. The van der Waals surface area contributed by atoms with Gasteiger partial charge in [0, 0.05) is 25.7 Å². The van der Waals surface area contributed by atoms with Crippen LogP contribution in [0.2, 0.25) is 0 Å². The standard InChI is InChI=1S/C13H16F2N2O3/c14-10-2-1-3-11(15)12(10)20-7-4-9-8-17(13(18)19)6-5-16-9/h1-3,9,16H,4-8H2,(H,18,19). The van der Waals surface area contributed by atoms with Crippen molar-refractivity contribution in [2.45, 2.75) is 12.5 Å². The monoisotopic (exact) mass is 286 g/mol. The Morgan fingerprint density at radius 1 is 1.45 bits per heavy atom. The molecule has 0 saturated carbocycles. The Morgan fingerprint density at radius 3 is 2.80 bits per heavy atom. The number of rotatable bonds is 4. The van der Waals surface area contributed by atoms with Crippen molar-refractivity contribution in [3.05, 3.63) is 29.8 Å². The molecule has 0 radical (unpaired) electrons. The molecule has 1 saturated heterocycles. The maximum Gasteiger partial charge on any atom is 0.407 e. The largest absolute Gasteiger partial charge is 0.488 e. The summed E-state index contributed by atoms with van der Waals surface area (Å²) in [5, 5.41) is 12.0. The lowest BCUT2D eigenvalue weighted by Gasteiger charge is -2.31. The fourth-order valence-corrected chi connectivity index (χ4v) is 2.12. The molecule has 1 atom stereocenters. The van der Waals surface area contributed by atoms with Gasteiger partial charge in [-0.2, -0.15) is 0 Å². The highest BCUT2D eigenvalue weighted by Crippen LogP contribution is 2.21. The first kappa shape index (κ1) is 14.5. The minimum absolute atomic E-state index is 0.0744. The smallest absolute Gasteiger partial charge is 0.407 e. The number of piperazine rings is 1. The van der Waals surface area contributed by atoms with Crippen molar-refractivity contribution in [2.24, 2.45) is 0 Å². The second-order valence-corrected chi connectivity index (χ2v) is 4.57. The van der Waals surface area contributed by atoms with E-state index >= 15 is 0 Å². The van der Waals surface area contributed by atoms with Gasteiger partial charge < -0.3 is 20.1 Å². The molecule has 20 heavy (non-hydrogen) atoms. The Labute approximate surface area is 115 Å². The van der Waals surface area contributed by atoms with Crippen molar-refractivity contribution in [3.63, 3.8) is 0 Å². The molecule has 2 rings (SSSR count). The SMILES string of the molecule is O=C(O)N1CCNC(CCOc2c(F)cccc2F)C1. The summed E-state index contributed by atoms with van der Waals surface area (Å²) < 4.78 is 31.7. The molecule has 1 aliphatic rings. The molecule has 1 fully saturated rings. The summed E-state index contributed by atoms with van der Waals surface area (Å²) in [5.74, 6) is -1.87. The van der Waals surface area contributed by atoms with Crippen molar-refractivity contribution in [2.75, 3.05) is 26.2 Å². The zero-order valence-corrected chi connectivity index (χ0v) is 10.8. The van der Waals surface area contributed by atoms with Crippen LogP contribution in [-0.2, 0) is 0 Å². The normalized spacial score (nSPS) is 18.9. The number of ether oxygens (including phenoxy) is 1. The van der Waals surface area contributed by atoms with Gasteiger partial charge >= 0.3 is 6.09 Å². The molecule has 5 nitrogen and oxygen atoms in total. The van der Waals surface area contributed by atoms with Crippen LogP contribution in [0.1, 0.15) is 6.42 Å². The van der Waals surface area contributed by atoms with Gasteiger partial charge in [-0.25, -0.2) is 13.6 Å².